The van der Waals surface area contributed by atoms with Gasteiger partial charge in [-0.25, -0.2) is 0 Å². The Morgan fingerprint density at radius 3 is 2.77 bits per heavy atom. The Bertz CT molecular complexity index is 388. The van der Waals surface area contributed by atoms with Crippen LogP contribution >= 0.6 is 15.9 Å². The van der Waals surface area contributed by atoms with Gasteiger partial charge in [-0.1, -0.05) is 0 Å². The molecule has 1 heterocycles. The van der Waals surface area contributed by atoms with Crippen LogP contribution in [0.1, 0.15) is 24.1 Å². The lowest BCUT2D eigenvalue weighted by molar-refractivity contribution is 0.849. The molecule has 0 bridgehead atoms. The average molecular weight is 237 g/mol. The van der Waals surface area contributed by atoms with Gasteiger partial charge in [0.2, 0.25) is 0 Å². The maximum atomic E-state index is 8.97. The third kappa shape index (κ3) is 1.36. The minimum absolute atomic E-state index is 0.258. The summed E-state index contributed by atoms with van der Waals surface area (Å²) in [6.45, 7) is 2.02. The van der Waals surface area contributed by atoms with Crippen molar-refractivity contribution in [1.82, 2.24) is 4.98 Å². The van der Waals surface area contributed by atoms with E-state index in [1.165, 1.54) is 0 Å². The van der Waals surface area contributed by atoms with Crippen molar-refractivity contribution in [2.45, 2.75) is 25.2 Å². The molecule has 0 aliphatic heterocycles. The lowest BCUT2D eigenvalue weighted by Crippen LogP contribution is -2.05. The van der Waals surface area contributed by atoms with Crippen molar-refractivity contribution in [2.75, 3.05) is 0 Å². The number of hydrogen-bond acceptors (Lipinski definition) is 2. The van der Waals surface area contributed by atoms with Crippen molar-refractivity contribution in [3.63, 3.8) is 0 Å². The Hall–Kier alpha value is -0.880. The van der Waals surface area contributed by atoms with Gasteiger partial charge in [0.15, 0.2) is 0 Å². The standard InChI is InChI=1S/C10H9BrN2/c1-7-4-9(13-5-8(7)11)10(6-12)2-3-10/h4-5H,2-3H2,1H3. The molecular formula is C10H9BrN2. The molecule has 66 valence electrons. The van der Waals surface area contributed by atoms with Gasteiger partial charge in [0.05, 0.1) is 17.2 Å². The van der Waals surface area contributed by atoms with E-state index < -0.39 is 0 Å². The van der Waals surface area contributed by atoms with E-state index in [0.717, 1.165) is 28.6 Å². The second-order valence-electron chi connectivity index (χ2n) is 3.51. The number of pyridine rings is 1. The molecule has 0 unspecified atom stereocenters. The van der Waals surface area contributed by atoms with E-state index in [0.29, 0.717) is 0 Å². The van der Waals surface area contributed by atoms with Gasteiger partial charge in [-0.05, 0) is 47.3 Å². The second kappa shape index (κ2) is 2.81. The largest absolute Gasteiger partial charge is 0.258 e. The van der Waals surface area contributed by atoms with Crippen LogP contribution in [-0.4, -0.2) is 4.98 Å². The highest BCUT2D eigenvalue weighted by Gasteiger charge is 2.46. The van der Waals surface area contributed by atoms with E-state index in [9.17, 15) is 0 Å². The van der Waals surface area contributed by atoms with Crippen molar-refractivity contribution in [2.24, 2.45) is 0 Å². The summed E-state index contributed by atoms with van der Waals surface area (Å²) in [4.78, 5) is 4.27. The van der Waals surface area contributed by atoms with E-state index in [-0.39, 0.29) is 5.41 Å². The number of nitriles is 1. The molecule has 0 radical (unpaired) electrons. The first-order valence-corrected chi connectivity index (χ1v) is 5.01. The van der Waals surface area contributed by atoms with Gasteiger partial charge in [0.1, 0.15) is 0 Å². The number of halogens is 1. The zero-order valence-electron chi connectivity index (χ0n) is 7.34. The number of aromatic nitrogens is 1. The molecule has 13 heavy (non-hydrogen) atoms. The molecule has 2 rings (SSSR count). The summed E-state index contributed by atoms with van der Waals surface area (Å²) in [7, 11) is 0. The molecule has 2 nitrogen and oxygen atoms in total. The predicted molar refractivity (Wildman–Crippen MR) is 53.2 cm³/mol. The highest BCUT2D eigenvalue weighted by Crippen LogP contribution is 2.46. The van der Waals surface area contributed by atoms with Crippen molar-refractivity contribution < 1.29 is 0 Å². The lowest BCUT2D eigenvalue weighted by atomic mass is 10.0. The fourth-order valence-electron chi connectivity index (χ4n) is 1.35. The maximum Gasteiger partial charge on any atom is 0.0994 e. The van der Waals surface area contributed by atoms with Gasteiger partial charge in [-0.2, -0.15) is 5.26 Å². The van der Waals surface area contributed by atoms with Crippen molar-refractivity contribution >= 4 is 15.9 Å². The quantitative estimate of drug-likeness (QED) is 0.752. The Morgan fingerprint density at radius 1 is 1.62 bits per heavy atom. The third-order valence-corrected chi connectivity index (χ3v) is 3.33. The zero-order valence-corrected chi connectivity index (χ0v) is 8.93. The van der Waals surface area contributed by atoms with Crippen molar-refractivity contribution in [3.05, 3.63) is 28.0 Å². The molecule has 1 aliphatic carbocycles. The van der Waals surface area contributed by atoms with E-state index in [1.54, 1.807) is 6.20 Å². The highest BCUT2D eigenvalue weighted by atomic mass is 79.9. The van der Waals surface area contributed by atoms with E-state index in [2.05, 4.69) is 27.0 Å². The van der Waals surface area contributed by atoms with Gasteiger partial charge in [0, 0.05) is 10.7 Å². The summed E-state index contributed by atoms with van der Waals surface area (Å²) in [5.41, 5.74) is 1.81. The Labute approximate surface area is 85.7 Å². The van der Waals surface area contributed by atoms with Crippen molar-refractivity contribution in [3.8, 4) is 6.07 Å². The highest BCUT2D eigenvalue weighted by molar-refractivity contribution is 9.10. The fraction of sp³-hybridized carbons (Fsp3) is 0.400. The molecule has 0 saturated heterocycles. The van der Waals surface area contributed by atoms with Gasteiger partial charge in [-0.3, -0.25) is 4.98 Å². The molecule has 1 fully saturated rings. The minimum atomic E-state index is -0.258. The number of nitrogens with zero attached hydrogens (tertiary/aromatic N) is 2. The Morgan fingerprint density at radius 2 is 2.31 bits per heavy atom. The number of aryl methyl sites for hydroxylation is 1. The van der Waals surface area contributed by atoms with Crippen LogP contribution in [0, 0.1) is 18.3 Å². The number of rotatable bonds is 1. The van der Waals surface area contributed by atoms with Crippen LogP contribution in [0.25, 0.3) is 0 Å². The lowest BCUT2D eigenvalue weighted by Gasteiger charge is -2.06. The molecular weight excluding hydrogens is 228 g/mol. The van der Waals surface area contributed by atoms with Gasteiger partial charge in [-0.15, -0.1) is 0 Å². The summed E-state index contributed by atoms with van der Waals surface area (Å²) in [6.07, 6.45) is 3.69. The monoisotopic (exact) mass is 236 g/mol. The SMILES string of the molecule is Cc1cc(C2(C#N)CC2)ncc1Br. The van der Waals surface area contributed by atoms with Gasteiger partial charge < -0.3 is 0 Å². The molecule has 0 N–H and O–H groups in total. The first-order valence-electron chi connectivity index (χ1n) is 4.22. The molecule has 1 saturated carbocycles. The predicted octanol–water partition coefficient (Wildman–Crippen LogP) is 2.71. The van der Waals surface area contributed by atoms with Crippen LogP contribution in [0.2, 0.25) is 0 Å². The van der Waals surface area contributed by atoms with Crippen molar-refractivity contribution in [1.29, 1.82) is 5.26 Å². The van der Waals surface area contributed by atoms with Crippen LogP contribution in [0.5, 0.6) is 0 Å². The molecule has 0 aromatic carbocycles. The smallest absolute Gasteiger partial charge is 0.0994 e. The van der Waals surface area contributed by atoms with Crippen LogP contribution in [0.15, 0.2) is 16.7 Å². The first kappa shape index (κ1) is 8.71. The summed E-state index contributed by atoms with van der Waals surface area (Å²) < 4.78 is 1.00. The summed E-state index contributed by atoms with van der Waals surface area (Å²) in [6, 6.07) is 4.34. The third-order valence-electron chi connectivity index (χ3n) is 2.50. The zero-order chi connectivity index (χ0) is 9.47. The molecule has 1 aliphatic rings. The van der Waals surface area contributed by atoms with Crippen LogP contribution in [-0.2, 0) is 5.41 Å². The number of hydrogen-bond donors (Lipinski definition) is 0. The molecule has 3 heteroatoms. The first-order chi connectivity index (χ1) is 6.18. The molecule has 1 aromatic heterocycles. The summed E-state index contributed by atoms with van der Waals surface area (Å²) >= 11 is 3.39. The second-order valence-corrected chi connectivity index (χ2v) is 4.37. The normalized spacial score (nSPS) is 17.9. The molecule has 0 spiro atoms. The minimum Gasteiger partial charge on any atom is -0.258 e. The Kier molecular flexibility index (Phi) is 1.88. The topological polar surface area (TPSA) is 36.7 Å². The van der Waals surface area contributed by atoms with Crippen LogP contribution < -0.4 is 0 Å². The average Bonchev–Trinajstić information content (AvgIpc) is 2.90. The van der Waals surface area contributed by atoms with E-state index >= 15 is 0 Å². The van der Waals surface area contributed by atoms with Crippen LogP contribution in [0.4, 0.5) is 0 Å². The molecule has 1 aromatic rings. The van der Waals surface area contributed by atoms with E-state index in [1.807, 2.05) is 13.0 Å². The fourth-order valence-corrected chi connectivity index (χ4v) is 1.57. The maximum absolute atomic E-state index is 8.97. The van der Waals surface area contributed by atoms with Gasteiger partial charge >= 0.3 is 0 Å². The summed E-state index contributed by atoms with van der Waals surface area (Å²) in [5.74, 6) is 0. The van der Waals surface area contributed by atoms with Gasteiger partial charge in [0.25, 0.3) is 0 Å². The molecule has 0 amide bonds. The van der Waals surface area contributed by atoms with Crippen LogP contribution in [0.3, 0.4) is 0 Å². The summed E-state index contributed by atoms with van der Waals surface area (Å²) in [5, 5.41) is 8.97. The van der Waals surface area contributed by atoms with E-state index in [4.69, 9.17) is 5.26 Å². The Balaban J connectivity index is 2.44. The molecule has 0 atom stereocenters.